The van der Waals surface area contributed by atoms with Crippen molar-refractivity contribution < 1.29 is 13.2 Å². The number of sulfonamides is 1. The van der Waals surface area contributed by atoms with E-state index in [-0.39, 0.29) is 16.8 Å². The first-order valence-electron chi connectivity index (χ1n) is 6.03. The first kappa shape index (κ1) is 15.8. The first-order valence-corrected chi connectivity index (χ1v) is 8.64. The van der Waals surface area contributed by atoms with Gasteiger partial charge in [0.05, 0.1) is 9.92 Å². The van der Waals surface area contributed by atoms with Crippen LogP contribution in [0.15, 0.2) is 27.6 Å². The second-order valence-corrected chi connectivity index (χ2v) is 7.82. The number of nitrogens with zero attached hydrogens (tertiary/aromatic N) is 1. The molecule has 1 unspecified atom stereocenters. The van der Waals surface area contributed by atoms with Crippen LogP contribution in [-0.4, -0.2) is 37.8 Å². The smallest absolute Gasteiger partial charge is 0.243 e. The Morgan fingerprint density at radius 1 is 1.50 bits per heavy atom. The molecule has 2 rings (SSSR count). The molecule has 5 nitrogen and oxygen atoms in total. The molecule has 1 heterocycles. The van der Waals surface area contributed by atoms with E-state index >= 15 is 0 Å². The summed E-state index contributed by atoms with van der Waals surface area (Å²) in [6.07, 6.45) is 0.619. The van der Waals surface area contributed by atoms with Crippen molar-refractivity contribution in [2.45, 2.75) is 24.3 Å². The Kier molecular flexibility index (Phi) is 4.73. The highest BCUT2D eigenvalue weighted by atomic mass is 79.9. The molecule has 1 saturated heterocycles. The predicted octanol–water partition coefficient (Wildman–Crippen LogP) is 2.00. The van der Waals surface area contributed by atoms with Crippen LogP contribution in [0.5, 0.6) is 0 Å². The summed E-state index contributed by atoms with van der Waals surface area (Å²) in [5.74, 6) is -0.150. The summed E-state index contributed by atoms with van der Waals surface area (Å²) in [4.78, 5) is 11.2. The van der Waals surface area contributed by atoms with Crippen molar-refractivity contribution >= 4 is 43.5 Å². The highest BCUT2D eigenvalue weighted by Crippen LogP contribution is 2.28. The third kappa shape index (κ3) is 3.33. The lowest BCUT2D eigenvalue weighted by atomic mass is 10.3. The van der Waals surface area contributed by atoms with Crippen LogP contribution in [0.3, 0.4) is 0 Å². The van der Waals surface area contributed by atoms with E-state index < -0.39 is 10.0 Å². The van der Waals surface area contributed by atoms with Gasteiger partial charge in [0.25, 0.3) is 0 Å². The van der Waals surface area contributed by atoms with Gasteiger partial charge in [0.2, 0.25) is 15.9 Å². The molecule has 1 aliphatic heterocycles. The Bertz CT molecular complexity index is 636. The topological polar surface area (TPSA) is 66.5 Å². The first-order chi connectivity index (χ1) is 9.30. The van der Waals surface area contributed by atoms with E-state index in [1.807, 2.05) is 0 Å². The molecule has 0 radical (unpaired) electrons. The SMILES string of the molecule is CC(=O)NC1CCN(S(=O)(=O)c2ccc(Cl)c(Br)c2)C1. The van der Waals surface area contributed by atoms with Crippen molar-refractivity contribution in [1.29, 1.82) is 0 Å². The molecule has 1 fully saturated rings. The molecule has 1 aromatic rings. The number of nitrogens with one attached hydrogen (secondary N) is 1. The van der Waals surface area contributed by atoms with Gasteiger partial charge in [-0.2, -0.15) is 4.31 Å². The maximum atomic E-state index is 12.5. The zero-order chi connectivity index (χ0) is 14.9. The van der Waals surface area contributed by atoms with Crippen LogP contribution in [0.2, 0.25) is 5.02 Å². The zero-order valence-electron chi connectivity index (χ0n) is 10.8. The molecule has 0 aromatic heterocycles. The van der Waals surface area contributed by atoms with Crippen molar-refractivity contribution in [3.05, 3.63) is 27.7 Å². The molecule has 0 aliphatic carbocycles. The van der Waals surface area contributed by atoms with E-state index in [0.29, 0.717) is 29.0 Å². The van der Waals surface area contributed by atoms with Crippen LogP contribution in [0.1, 0.15) is 13.3 Å². The summed E-state index contributed by atoms with van der Waals surface area (Å²) < 4.78 is 26.9. The van der Waals surface area contributed by atoms with Crippen LogP contribution < -0.4 is 5.32 Å². The molecule has 0 spiro atoms. The molecule has 20 heavy (non-hydrogen) atoms. The Hall–Kier alpha value is -0.630. The Labute approximate surface area is 131 Å². The second-order valence-electron chi connectivity index (χ2n) is 4.63. The van der Waals surface area contributed by atoms with Crippen molar-refractivity contribution in [1.82, 2.24) is 9.62 Å². The predicted molar refractivity (Wildman–Crippen MR) is 80.1 cm³/mol. The average molecular weight is 382 g/mol. The van der Waals surface area contributed by atoms with Crippen LogP contribution >= 0.6 is 27.5 Å². The summed E-state index contributed by atoms with van der Waals surface area (Å²) in [7, 11) is -3.55. The average Bonchev–Trinajstić information content (AvgIpc) is 2.80. The van der Waals surface area contributed by atoms with Crippen molar-refractivity contribution in [3.8, 4) is 0 Å². The van der Waals surface area contributed by atoms with E-state index in [4.69, 9.17) is 11.6 Å². The molecule has 1 amide bonds. The van der Waals surface area contributed by atoms with Gasteiger partial charge in [-0.3, -0.25) is 4.79 Å². The lowest BCUT2D eigenvalue weighted by Gasteiger charge is -2.17. The number of hydrogen-bond donors (Lipinski definition) is 1. The number of halogens is 2. The van der Waals surface area contributed by atoms with Gasteiger partial charge in [-0.15, -0.1) is 0 Å². The van der Waals surface area contributed by atoms with Gasteiger partial charge < -0.3 is 5.32 Å². The van der Waals surface area contributed by atoms with Crippen LogP contribution in [0.25, 0.3) is 0 Å². The number of carbonyl (C=O) groups excluding carboxylic acids is 1. The Balaban J connectivity index is 2.19. The molecule has 1 atom stereocenters. The number of amides is 1. The molecule has 110 valence electrons. The molecule has 8 heteroatoms. The quantitative estimate of drug-likeness (QED) is 0.871. The second kappa shape index (κ2) is 6.01. The fraction of sp³-hybridized carbons (Fsp3) is 0.417. The van der Waals surface area contributed by atoms with Crippen molar-refractivity contribution in [2.24, 2.45) is 0 Å². The summed E-state index contributed by atoms with van der Waals surface area (Å²) in [5.41, 5.74) is 0. The van der Waals surface area contributed by atoms with Gasteiger partial charge in [0.1, 0.15) is 0 Å². The van der Waals surface area contributed by atoms with Gasteiger partial charge in [-0.1, -0.05) is 11.6 Å². The minimum Gasteiger partial charge on any atom is -0.352 e. The monoisotopic (exact) mass is 380 g/mol. The van der Waals surface area contributed by atoms with E-state index in [1.54, 1.807) is 6.07 Å². The van der Waals surface area contributed by atoms with Gasteiger partial charge >= 0.3 is 0 Å². The van der Waals surface area contributed by atoms with Crippen LogP contribution in [0, 0.1) is 0 Å². The summed E-state index contributed by atoms with van der Waals surface area (Å²) in [5, 5.41) is 3.20. The standard InChI is InChI=1S/C12H14BrClN2O3S/c1-8(17)15-9-4-5-16(7-9)20(18,19)10-2-3-12(14)11(13)6-10/h2-3,6,9H,4-5,7H2,1H3,(H,15,17). The number of rotatable bonds is 3. The van der Waals surface area contributed by atoms with Gasteiger partial charge in [0.15, 0.2) is 0 Å². The van der Waals surface area contributed by atoms with E-state index in [9.17, 15) is 13.2 Å². The normalized spacial score (nSPS) is 20.1. The molecule has 1 aromatic carbocycles. The molecule has 0 bridgehead atoms. The Morgan fingerprint density at radius 2 is 2.20 bits per heavy atom. The summed E-state index contributed by atoms with van der Waals surface area (Å²) >= 11 is 9.09. The maximum Gasteiger partial charge on any atom is 0.243 e. The molecular formula is C12H14BrClN2O3S. The fourth-order valence-electron chi connectivity index (χ4n) is 2.14. The molecule has 0 saturated carbocycles. The van der Waals surface area contributed by atoms with Gasteiger partial charge in [-0.25, -0.2) is 8.42 Å². The third-order valence-corrected chi connectivity index (χ3v) is 6.16. The Morgan fingerprint density at radius 3 is 2.80 bits per heavy atom. The number of benzene rings is 1. The largest absolute Gasteiger partial charge is 0.352 e. The molecule has 1 aliphatic rings. The minimum atomic E-state index is -3.55. The van der Waals surface area contributed by atoms with Crippen LogP contribution in [0.4, 0.5) is 0 Å². The van der Waals surface area contributed by atoms with Crippen LogP contribution in [-0.2, 0) is 14.8 Å². The highest BCUT2D eigenvalue weighted by molar-refractivity contribution is 9.10. The summed E-state index contributed by atoms with van der Waals surface area (Å²) in [6.45, 7) is 2.11. The third-order valence-electron chi connectivity index (χ3n) is 3.09. The maximum absolute atomic E-state index is 12.5. The number of carbonyl (C=O) groups is 1. The van der Waals surface area contributed by atoms with Crippen molar-refractivity contribution in [3.63, 3.8) is 0 Å². The van der Waals surface area contributed by atoms with E-state index in [0.717, 1.165) is 0 Å². The number of hydrogen-bond acceptors (Lipinski definition) is 3. The molecular weight excluding hydrogens is 368 g/mol. The van der Waals surface area contributed by atoms with Gasteiger partial charge in [0, 0.05) is 30.5 Å². The summed E-state index contributed by atoms with van der Waals surface area (Å²) in [6, 6.07) is 4.38. The highest BCUT2D eigenvalue weighted by Gasteiger charge is 2.33. The molecule has 1 N–H and O–H groups in total. The van der Waals surface area contributed by atoms with E-state index in [2.05, 4.69) is 21.2 Å². The lowest BCUT2D eigenvalue weighted by Crippen LogP contribution is -2.37. The van der Waals surface area contributed by atoms with Gasteiger partial charge in [-0.05, 0) is 40.5 Å². The fourth-order valence-corrected chi connectivity index (χ4v) is 4.31. The zero-order valence-corrected chi connectivity index (χ0v) is 13.9. The van der Waals surface area contributed by atoms with E-state index in [1.165, 1.54) is 23.4 Å². The minimum absolute atomic E-state index is 0.127. The van der Waals surface area contributed by atoms with Crippen molar-refractivity contribution in [2.75, 3.05) is 13.1 Å². The lowest BCUT2D eigenvalue weighted by molar-refractivity contribution is -0.119.